The van der Waals surface area contributed by atoms with Crippen molar-refractivity contribution < 1.29 is 18.3 Å². The second-order valence-corrected chi connectivity index (χ2v) is 4.59. The van der Waals surface area contributed by atoms with Gasteiger partial charge in [-0.1, -0.05) is 0 Å². The summed E-state index contributed by atoms with van der Waals surface area (Å²) in [5.41, 5.74) is 0.496. The van der Waals surface area contributed by atoms with Crippen molar-refractivity contribution in [3.63, 3.8) is 0 Å². The number of anilines is 1. The zero-order valence-electron chi connectivity index (χ0n) is 10.1. The Kier molecular flexibility index (Phi) is 4.21. The number of carbonyl (C=O) groups is 1. The summed E-state index contributed by atoms with van der Waals surface area (Å²) in [6, 6.07) is 5.93. The van der Waals surface area contributed by atoms with Gasteiger partial charge in [0, 0.05) is 5.69 Å². The first-order valence-corrected chi connectivity index (χ1v) is 6.24. The third-order valence-electron chi connectivity index (χ3n) is 2.52. The Labute approximate surface area is 117 Å². The maximum absolute atomic E-state index is 13.4. The molecule has 0 aliphatic rings. The summed E-state index contributed by atoms with van der Waals surface area (Å²) in [6.07, 6.45) is 1.56. The fourth-order valence-electron chi connectivity index (χ4n) is 1.54. The van der Waals surface area contributed by atoms with Crippen LogP contribution in [0, 0.1) is 5.82 Å². The first kappa shape index (κ1) is 13.6. The molecule has 1 N–H and O–H groups in total. The van der Waals surface area contributed by atoms with Crippen molar-refractivity contribution in [3.05, 3.63) is 52.1 Å². The van der Waals surface area contributed by atoms with Crippen molar-refractivity contribution >= 4 is 27.6 Å². The highest BCUT2D eigenvalue weighted by molar-refractivity contribution is 9.10. The van der Waals surface area contributed by atoms with E-state index < -0.39 is 11.8 Å². The molecule has 6 heteroatoms. The fourth-order valence-corrected chi connectivity index (χ4v) is 1.88. The van der Waals surface area contributed by atoms with E-state index in [-0.39, 0.29) is 5.56 Å². The minimum atomic E-state index is -0.708. The largest absolute Gasteiger partial charge is 0.466 e. The Morgan fingerprint density at radius 1 is 1.47 bits per heavy atom. The number of nitrogens with one attached hydrogen (secondary N) is 1. The molecule has 0 fully saturated rings. The number of ether oxygens (including phenoxy) is 1. The number of furan rings is 1. The molecule has 0 atom stereocenters. The molecule has 0 aliphatic carbocycles. The Morgan fingerprint density at radius 3 is 2.89 bits per heavy atom. The summed E-state index contributed by atoms with van der Waals surface area (Å²) in [5, 5.41) is 3.04. The predicted octanol–water partition coefficient (Wildman–Crippen LogP) is 3.58. The van der Waals surface area contributed by atoms with Crippen LogP contribution in [0.3, 0.4) is 0 Å². The minimum absolute atomic E-state index is 0.106. The average Bonchev–Trinajstić information content (AvgIpc) is 2.82. The van der Waals surface area contributed by atoms with Crippen LogP contribution in [0.1, 0.15) is 16.1 Å². The number of methoxy groups -OCH3 is 1. The van der Waals surface area contributed by atoms with E-state index in [4.69, 9.17) is 4.42 Å². The Balaban J connectivity index is 2.13. The standard InChI is InChI=1S/C13H11BrFNO3/c1-18-13(17)9-6-8(2-3-11(9)15)16-7-12-10(14)4-5-19-12/h2-6,16H,7H2,1H3. The second kappa shape index (κ2) is 5.88. The molecule has 19 heavy (non-hydrogen) atoms. The second-order valence-electron chi connectivity index (χ2n) is 3.73. The molecule has 100 valence electrons. The molecule has 0 aliphatic heterocycles. The van der Waals surface area contributed by atoms with Crippen molar-refractivity contribution in [2.75, 3.05) is 12.4 Å². The number of hydrogen-bond donors (Lipinski definition) is 1. The van der Waals surface area contributed by atoms with Crippen molar-refractivity contribution in [2.24, 2.45) is 0 Å². The number of esters is 1. The van der Waals surface area contributed by atoms with E-state index in [0.29, 0.717) is 18.0 Å². The third kappa shape index (κ3) is 3.14. The van der Waals surface area contributed by atoms with Gasteiger partial charge in [0.1, 0.15) is 11.6 Å². The number of benzene rings is 1. The SMILES string of the molecule is COC(=O)c1cc(NCc2occc2Br)ccc1F. The van der Waals surface area contributed by atoms with E-state index in [1.54, 1.807) is 18.4 Å². The van der Waals surface area contributed by atoms with Crippen LogP contribution in [0.2, 0.25) is 0 Å². The summed E-state index contributed by atoms with van der Waals surface area (Å²) < 4.78 is 24.0. The van der Waals surface area contributed by atoms with Gasteiger partial charge in [0.15, 0.2) is 0 Å². The molecule has 0 saturated heterocycles. The van der Waals surface area contributed by atoms with Crippen LogP contribution in [-0.4, -0.2) is 13.1 Å². The van der Waals surface area contributed by atoms with Crippen LogP contribution in [0.15, 0.2) is 39.4 Å². The van der Waals surface area contributed by atoms with Crippen LogP contribution in [0.25, 0.3) is 0 Å². The molecule has 4 nitrogen and oxygen atoms in total. The van der Waals surface area contributed by atoms with Gasteiger partial charge in [-0.2, -0.15) is 0 Å². The lowest BCUT2D eigenvalue weighted by Gasteiger charge is -2.07. The van der Waals surface area contributed by atoms with Crippen LogP contribution >= 0.6 is 15.9 Å². The first-order chi connectivity index (χ1) is 9.11. The van der Waals surface area contributed by atoms with Gasteiger partial charge < -0.3 is 14.5 Å². The number of carbonyl (C=O) groups excluding carboxylic acids is 1. The molecule has 1 aromatic heterocycles. The van der Waals surface area contributed by atoms with E-state index in [2.05, 4.69) is 26.0 Å². The highest BCUT2D eigenvalue weighted by Gasteiger charge is 2.13. The molecule has 1 aromatic carbocycles. The average molecular weight is 328 g/mol. The topological polar surface area (TPSA) is 51.5 Å². The molecule has 2 rings (SSSR count). The van der Waals surface area contributed by atoms with Crippen molar-refractivity contribution in [2.45, 2.75) is 6.54 Å². The Bertz CT molecular complexity index is 597. The van der Waals surface area contributed by atoms with Crippen molar-refractivity contribution in [1.82, 2.24) is 0 Å². The lowest BCUT2D eigenvalue weighted by Crippen LogP contribution is -2.06. The summed E-state index contributed by atoms with van der Waals surface area (Å²) in [4.78, 5) is 11.4. The van der Waals surface area contributed by atoms with Crippen LogP contribution in [-0.2, 0) is 11.3 Å². The van der Waals surface area contributed by atoms with Gasteiger partial charge in [0.2, 0.25) is 0 Å². The van der Waals surface area contributed by atoms with E-state index in [9.17, 15) is 9.18 Å². The van der Waals surface area contributed by atoms with Crippen molar-refractivity contribution in [3.8, 4) is 0 Å². The molecular weight excluding hydrogens is 317 g/mol. The van der Waals surface area contributed by atoms with Crippen LogP contribution in [0.4, 0.5) is 10.1 Å². The lowest BCUT2D eigenvalue weighted by molar-refractivity contribution is 0.0595. The quantitative estimate of drug-likeness (QED) is 0.872. The molecule has 0 unspecified atom stereocenters. The van der Waals surface area contributed by atoms with Gasteiger partial charge in [-0.15, -0.1) is 0 Å². The minimum Gasteiger partial charge on any atom is -0.466 e. The maximum atomic E-state index is 13.4. The van der Waals surface area contributed by atoms with Gasteiger partial charge in [-0.25, -0.2) is 9.18 Å². The molecule has 0 spiro atoms. The predicted molar refractivity (Wildman–Crippen MR) is 71.5 cm³/mol. The summed E-state index contributed by atoms with van der Waals surface area (Å²) in [6.45, 7) is 0.416. The maximum Gasteiger partial charge on any atom is 0.340 e. The molecule has 0 radical (unpaired) electrons. The highest BCUT2D eigenvalue weighted by atomic mass is 79.9. The van der Waals surface area contributed by atoms with E-state index in [0.717, 1.165) is 4.47 Å². The summed E-state index contributed by atoms with van der Waals surface area (Å²) >= 11 is 3.33. The number of rotatable bonds is 4. The monoisotopic (exact) mass is 327 g/mol. The molecule has 0 saturated carbocycles. The molecule has 2 aromatic rings. The van der Waals surface area contributed by atoms with Gasteiger partial charge in [-0.05, 0) is 40.2 Å². The van der Waals surface area contributed by atoms with E-state index >= 15 is 0 Å². The van der Waals surface area contributed by atoms with Crippen LogP contribution in [0.5, 0.6) is 0 Å². The summed E-state index contributed by atoms with van der Waals surface area (Å²) in [5.74, 6) is -0.610. The van der Waals surface area contributed by atoms with Crippen LogP contribution < -0.4 is 5.32 Å². The van der Waals surface area contributed by atoms with Gasteiger partial charge in [-0.3, -0.25) is 0 Å². The molecular formula is C13H11BrFNO3. The smallest absolute Gasteiger partial charge is 0.340 e. The fraction of sp³-hybridized carbons (Fsp3) is 0.154. The zero-order valence-corrected chi connectivity index (χ0v) is 11.7. The molecule has 0 amide bonds. The number of hydrogen-bond acceptors (Lipinski definition) is 4. The van der Waals surface area contributed by atoms with Gasteiger partial charge in [0.05, 0.1) is 30.0 Å². The first-order valence-electron chi connectivity index (χ1n) is 5.45. The normalized spacial score (nSPS) is 10.3. The Morgan fingerprint density at radius 2 is 2.26 bits per heavy atom. The van der Waals surface area contributed by atoms with Gasteiger partial charge >= 0.3 is 5.97 Å². The number of halogens is 2. The summed E-state index contributed by atoms with van der Waals surface area (Å²) in [7, 11) is 1.21. The highest BCUT2D eigenvalue weighted by Crippen LogP contribution is 2.20. The molecule has 0 bridgehead atoms. The Hall–Kier alpha value is -1.82. The van der Waals surface area contributed by atoms with Crippen molar-refractivity contribution in [1.29, 1.82) is 0 Å². The van der Waals surface area contributed by atoms with Gasteiger partial charge in [0.25, 0.3) is 0 Å². The lowest BCUT2D eigenvalue weighted by atomic mass is 10.2. The van der Waals surface area contributed by atoms with E-state index in [1.807, 2.05) is 0 Å². The third-order valence-corrected chi connectivity index (χ3v) is 3.22. The molecule has 1 heterocycles. The van der Waals surface area contributed by atoms with E-state index in [1.165, 1.54) is 19.2 Å². The zero-order chi connectivity index (χ0) is 13.8.